The van der Waals surface area contributed by atoms with Crippen LogP contribution in [0.5, 0.6) is 0 Å². The highest BCUT2D eigenvalue weighted by Gasteiger charge is 2.57. The number of amides is 3. The van der Waals surface area contributed by atoms with Crippen LogP contribution in [0.4, 0.5) is 15.8 Å². The fourth-order valence-electron chi connectivity index (χ4n) is 5.06. The summed E-state index contributed by atoms with van der Waals surface area (Å²) in [4.78, 5) is 54.9. The van der Waals surface area contributed by atoms with Crippen molar-refractivity contribution in [3.8, 4) is 0 Å². The Balaban J connectivity index is 1.45. The van der Waals surface area contributed by atoms with Crippen LogP contribution >= 0.6 is 46.3 Å². The first-order chi connectivity index (χ1) is 19.2. The van der Waals surface area contributed by atoms with Crippen LogP contribution < -0.4 is 15.1 Å². The number of halogens is 3. The lowest BCUT2D eigenvalue weighted by Crippen LogP contribution is -2.33. The maximum Gasteiger partial charge on any atom is 0.308 e. The van der Waals surface area contributed by atoms with Crippen LogP contribution in [0.25, 0.3) is 0 Å². The quantitative estimate of drug-likeness (QED) is 0.288. The predicted molar refractivity (Wildman–Crippen MR) is 154 cm³/mol. The van der Waals surface area contributed by atoms with Gasteiger partial charge in [0.05, 0.1) is 26.7 Å². The van der Waals surface area contributed by atoms with Gasteiger partial charge in [0.15, 0.2) is 0 Å². The molecular formula is C28H18Cl2FN3O4S2. The summed E-state index contributed by atoms with van der Waals surface area (Å²) in [5.74, 6) is -3.59. The minimum Gasteiger partial charge on any atom is -0.325 e. The Labute approximate surface area is 245 Å². The van der Waals surface area contributed by atoms with Gasteiger partial charge < -0.3 is 5.32 Å². The summed E-state index contributed by atoms with van der Waals surface area (Å²) in [6.07, 6.45) is 0. The van der Waals surface area contributed by atoms with E-state index >= 15 is 0 Å². The van der Waals surface area contributed by atoms with Gasteiger partial charge in [-0.2, -0.15) is 0 Å². The van der Waals surface area contributed by atoms with Crippen molar-refractivity contribution in [1.82, 2.24) is 4.57 Å². The van der Waals surface area contributed by atoms with Crippen molar-refractivity contribution >= 4 is 75.4 Å². The molecule has 0 saturated carbocycles. The maximum atomic E-state index is 13.9. The molecule has 0 aliphatic carbocycles. The molecule has 6 rings (SSSR count). The number of anilines is 2. The van der Waals surface area contributed by atoms with Gasteiger partial charge in [-0.1, -0.05) is 76.6 Å². The van der Waals surface area contributed by atoms with Gasteiger partial charge in [-0.05, 0) is 48.0 Å². The summed E-state index contributed by atoms with van der Waals surface area (Å²) < 4.78 is 14.9. The summed E-state index contributed by atoms with van der Waals surface area (Å²) in [7, 11) is 0. The number of benzene rings is 3. The number of rotatable bonds is 5. The van der Waals surface area contributed by atoms with Crippen molar-refractivity contribution in [2.75, 3.05) is 10.2 Å². The molecule has 1 aromatic heterocycles. The number of nitrogens with one attached hydrogen (secondary N) is 1. The summed E-state index contributed by atoms with van der Waals surface area (Å²) in [5.41, 5.74) is 1.31. The number of nitrogens with zero attached hydrogens (tertiary/aromatic N) is 2. The zero-order chi connectivity index (χ0) is 28.1. The number of thiazole rings is 1. The molecule has 2 aliphatic heterocycles. The number of para-hydroxylation sites is 1. The Bertz CT molecular complexity index is 1730. The second-order valence-corrected chi connectivity index (χ2v) is 12.1. The number of hydrogen-bond acceptors (Lipinski definition) is 6. The summed E-state index contributed by atoms with van der Waals surface area (Å²) >= 11 is 14.9. The molecule has 1 N–H and O–H groups in total. The molecule has 0 spiro atoms. The monoisotopic (exact) mass is 613 g/mol. The molecule has 3 heterocycles. The molecule has 3 amide bonds. The molecule has 1 fully saturated rings. The number of hydrogen-bond donors (Lipinski definition) is 1. The molecule has 2 aliphatic rings. The third-order valence-electron chi connectivity index (χ3n) is 6.81. The maximum absolute atomic E-state index is 13.9. The molecule has 40 heavy (non-hydrogen) atoms. The van der Waals surface area contributed by atoms with Gasteiger partial charge >= 0.3 is 4.87 Å². The number of fused-ring (bicyclic) bond motifs is 2. The SMILES string of the molecule is O=C(Cn1c2c(sc1=O)[C@@H](c1cccc(Cl)c1Cl)[C@@H]1C(=O)N(c3ccc(F)cc3)C(=O)[C@@H]1S2)Nc1ccccc1. The Morgan fingerprint density at radius 2 is 1.65 bits per heavy atom. The van der Waals surface area contributed by atoms with Crippen LogP contribution in [0.15, 0.2) is 82.6 Å². The first-order valence-electron chi connectivity index (χ1n) is 12.1. The van der Waals surface area contributed by atoms with E-state index in [0.717, 1.165) is 28.0 Å². The minimum atomic E-state index is -0.914. The van der Waals surface area contributed by atoms with Gasteiger partial charge in [0.1, 0.15) is 17.6 Å². The number of thioether (sulfide) groups is 1. The van der Waals surface area contributed by atoms with Crippen molar-refractivity contribution < 1.29 is 18.8 Å². The van der Waals surface area contributed by atoms with E-state index in [4.69, 9.17) is 23.2 Å². The summed E-state index contributed by atoms with van der Waals surface area (Å²) in [6, 6.07) is 18.9. The van der Waals surface area contributed by atoms with Gasteiger partial charge in [0.2, 0.25) is 17.7 Å². The highest BCUT2D eigenvalue weighted by atomic mass is 35.5. The summed E-state index contributed by atoms with van der Waals surface area (Å²) in [5, 5.41) is 2.74. The van der Waals surface area contributed by atoms with Crippen LogP contribution in [0, 0.1) is 11.7 Å². The zero-order valence-electron chi connectivity index (χ0n) is 20.3. The van der Waals surface area contributed by atoms with E-state index in [1.54, 1.807) is 42.5 Å². The number of imide groups is 1. The molecule has 3 atom stereocenters. The highest BCUT2D eigenvalue weighted by molar-refractivity contribution is 8.00. The molecule has 0 bridgehead atoms. The second kappa shape index (κ2) is 10.5. The molecule has 1 saturated heterocycles. The van der Waals surface area contributed by atoms with Crippen molar-refractivity contribution in [3.63, 3.8) is 0 Å². The zero-order valence-corrected chi connectivity index (χ0v) is 23.5. The number of carbonyl (C=O) groups excluding carboxylic acids is 3. The number of aromatic nitrogens is 1. The van der Waals surface area contributed by atoms with Crippen LogP contribution in [0.3, 0.4) is 0 Å². The minimum absolute atomic E-state index is 0.209. The molecule has 7 nitrogen and oxygen atoms in total. The Morgan fingerprint density at radius 1 is 0.925 bits per heavy atom. The van der Waals surface area contributed by atoms with Crippen molar-refractivity contribution in [2.24, 2.45) is 5.92 Å². The fourth-order valence-corrected chi connectivity index (χ4v) is 8.25. The van der Waals surface area contributed by atoms with E-state index in [1.165, 1.54) is 28.8 Å². The molecule has 202 valence electrons. The van der Waals surface area contributed by atoms with Gasteiger partial charge in [0.25, 0.3) is 0 Å². The topological polar surface area (TPSA) is 88.5 Å². The smallest absolute Gasteiger partial charge is 0.308 e. The van der Waals surface area contributed by atoms with E-state index < -0.39 is 45.5 Å². The van der Waals surface area contributed by atoms with Crippen LogP contribution in [-0.4, -0.2) is 27.5 Å². The average Bonchev–Trinajstić information content (AvgIpc) is 3.38. The van der Waals surface area contributed by atoms with Crippen molar-refractivity contribution in [2.45, 2.75) is 22.7 Å². The van der Waals surface area contributed by atoms with E-state index in [1.807, 2.05) is 6.07 Å². The standard InChI is InChI=1S/C28H18Cl2FN3O4S2/c29-18-8-4-7-17(22(18)30)20-21-23(26(37)34(25(21)36)16-11-9-14(31)10-12-16)39-27-24(20)40-28(38)33(27)13-19(35)32-15-5-2-1-3-6-15/h1-12,20-21,23H,13H2,(H,32,35)/t20-,21-,23+/m0/s1. The number of carbonyl (C=O) groups is 3. The summed E-state index contributed by atoms with van der Waals surface area (Å²) in [6.45, 7) is -0.288. The predicted octanol–water partition coefficient (Wildman–Crippen LogP) is 5.79. The van der Waals surface area contributed by atoms with E-state index in [2.05, 4.69) is 5.32 Å². The lowest BCUT2D eigenvalue weighted by Gasteiger charge is -2.31. The molecular weight excluding hydrogens is 596 g/mol. The van der Waals surface area contributed by atoms with Gasteiger partial charge in [-0.3, -0.25) is 23.7 Å². The van der Waals surface area contributed by atoms with Gasteiger partial charge in [-0.25, -0.2) is 9.29 Å². The van der Waals surface area contributed by atoms with E-state index in [0.29, 0.717) is 21.2 Å². The van der Waals surface area contributed by atoms with E-state index in [9.17, 15) is 23.6 Å². The molecule has 12 heteroatoms. The largest absolute Gasteiger partial charge is 0.325 e. The average molecular weight is 615 g/mol. The Hall–Kier alpha value is -3.44. The highest BCUT2D eigenvalue weighted by Crippen LogP contribution is 2.55. The van der Waals surface area contributed by atoms with Gasteiger partial charge in [0, 0.05) is 16.5 Å². The first-order valence-corrected chi connectivity index (χ1v) is 14.5. The Kier molecular flexibility index (Phi) is 7.03. The van der Waals surface area contributed by atoms with Crippen molar-refractivity contribution in [1.29, 1.82) is 0 Å². The van der Waals surface area contributed by atoms with Crippen molar-refractivity contribution in [3.05, 3.63) is 109 Å². The second-order valence-electron chi connectivity index (χ2n) is 9.21. The Morgan fingerprint density at radius 3 is 2.38 bits per heavy atom. The third kappa shape index (κ3) is 4.54. The lowest BCUT2D eigenvalue weighted by molar-refractivity contribution is -0.122. The van der Waals surface area contributed by atoms with Gasteiger partial charge in [-0.15, -0.1) is 0 Å². The molecule has 3 aromatic carbocycles. The van der Waals surface area contributed by atoms with Crippen LogP contribution in [-0.2, 0) is 20.9 Å². The molecule has 4 aromatic rings. The fraction of sp³-hybridized carbons (Fsp3) is 0.143. The molecule has 0 unspecified atom stereocenters. The van der Waals surface area contributed by atoms with Crippen LogP contribution in [0.1, 0.15) is 16.4 Å². The third-order valence-corrected chi connectivity index (χ3v) is 10.2. The van der Waals surface area contributed by atoms with Crippen LogP contribution in [0.2, 0.25) is 10.0 Å². The van der Waals surface area contributed by atoms with E-state index in [-0.39, 0.29) is 22.3 Å². The normalized spacial score (nSPS) is 19.9. The lowest BCUT2D eigenvalue weighted by atomic mass is 9.83. The molecule has 0 radical (unpaired) electrons. The first kappa shape index (κ1) is 26.8.